The van der Waals surface area contributed by atoms with Crippen LogP contribution in [0.3, 0.4) is 0 Å². The van der Waals surface area contributed by atoms with Crippen LogP contribution in [0.4, 0.5) is 0 Å². The minimum absolute atomic E-state index is 0.109. The van der Waals surface area contributed by atoms with E-state index in [1.807, 2.05) is 23.1 Å². The molecule has 1 amide bonds. The average molecular weight is 260 g/mol. The van der Waals surface area contributed by atoms with E-state index in [2.05, 4.69) is 19.2 Å². The highest BCUT2D eigenvalue weighted by Gasteiger charge is 2.30. The van der Waals surface area contributed by atoms with Crippen molar-refractivity contribution < 1.29 is 9.53 Å². The number of ether oxygens (including phenoxy) is 1. The maximum atomic E-state index is 12.4. The molecule has 0 radical (unpaired) electrons. The van der Waals surface area contributed by atoms with E-state index in [4.69, 9.17) is 4.74 Å². The number of benzene rings is 1. The minimum Gasteiger partial charge on any atom is -0.487 e. The summed E-state index contributed by atoms with van der Waals surface area (Å²) >= 11 is 0. The first-order valence-corrected chi connectivity index (χ1v) is 6.87. The van der Waals surface area contributed by atoms with Crippen LogP contribution < -0.4 is 10.1 Å². The van der Waals surface area contributed by atoms with Gasteiger partial charge < -0.3 is 15.0 Å². The van der Waals surface area contributed by atoms with Gasteiger partial charge in [-0.2, -0.15) is 0 Å². The monoisotopic (exact) mass is 260 g/mol. The lowest BCUT2D eigenvalue weighted by Gasteiger charge is -2.27. The van der Waals surface area contributed by atoms with E-state index in [1.54, 1.807) is 0 Å². The summed E-state index contributed by atoms with van der Waals surface area (Å²) in [5.41, 5.74) is 1.78. The molecule has 0 unspecified atom stereocenters. The summed E-state index contributed by atoms with van der Waals surface area (Å²) in [6.45, 7) is 7.46. The molecule has 0 atom stereocenters. The van der Waals surface area contributed by atoms with E-state index in [9.17, 15) is 4.79 Å². The molecule has 4 heteroatoms. The topological polar surface area (TPSA) is 41.6 Å². The van der Waals surface area contributed by atoms with Gasteiger partial charge in [-0.15, -0.1) is 0 Å². The van der Waals surface area contributed by atoms with E-state index in [0.717, 1.165) is 43.9 Å². The second kappa shape index (κ2) is 4.53. The van der Waals surface area contributed by atoms with Crippen molar-refractivity contribution in [2.24, 2.45) is 0 Å². The molecule has 0 spiro atoms. The Morgan fingerprint density at radius 3 is 2.79 bits per heavy atom. The van der Waals surface area contributed by atoms with Gasteiger partial charge in [0.2, 0.25) is 0 Å². The second-order valence-electron chi connectivity index (χ2n) is 5.90. The van der Waals surface area contributed by atoms with Crippen molar-refractivity contribution in [2.45, 2.75) is 25.9 Å². The Kier molecular flexibility index (Phi) is 2.97. The van der Waals surface area contributed by atoms with Crippen molar-refractivity contribution in [1.29, 1.82) is 0 Å². The lowest BCUT2D eigenvalue weighted by Crippen LogP contribution is -2.46. The molecule has 1 fully saturated rings. The standard InChI is InChI=1S/C15H20N2O2/c1-15(2)10-12-4-3-11(9-13(12)19-15)14(18)17-7-5-16-6-8-17/h3-4,9,16H,5-8,10H2,1-2H3. The molecule has 1 saturated heterocycles. The smallest absolute Gasteiger partial charge is 0.254 e. The van der Waals surface area contributed by atoms with Gasteiger partial charge >= 0.3 is 0 Å². The third-order valence-corrected chi connectivity index (χ3v) is 3.72. The summed E-state index contributed by atoms with van der Waals surface area (Å²) in [7, 11) is 0. The molecule has 19 heavy (non-hydrogen) atoms. The number of fused-ring (bicyclic) bond motifs is 1. The fourth-order valence-electron chi connectivity index (χ4n) is 2.77. The second-order valence-corrected chi connectivity index (χ2v) is 5.90. The third kappa shape index (κ3) is 2.45. The first-order valence-electron chi connectivity index (χ1n) is 6.87. The largest absolute Gasteiger partial charge is 0.487 e. The van der Waals surface area contributed by atoms with E-state index in [1.165, 1.54) is 5.56 Å². The zero-order valence-electron chi connectivity index (χ0n) is 11.5. The van der Waals surface area contributed by atoms with Gasteiger partial charge in [0.05, 0.1) is 0 Å². The number of rotatable bonds is 1. The number of carbonyl (C=O) groups excluding carboxylic acids is 1. The molecule has 1 aromatic carbocycles. The van der Waals surface area contributed by atoms with Crippen LogP contribution in [0.2, 0.25) is 0 Å². The molecule has 2 heterocycles. The summed E-state index contributed by atoms with van der Waals surface area (Å²) in [6, 6.07) is 5.85. The molecule has 4 nitrogen and oxygen atoms in total. The molecule has 102 valence electrons. The predicted molar refractivity (Wildman–Crippen MR) is 73.6 cm³/mol. The van der Waals surface area contributed by atoms with Crippen molar-refractivity contribution in [3.8, 4) is 5.75 Å². The van der Waals surface area contributed by atoms with Crippen molar-refractivity contribution in [2.75, 3.05) is 26.2 Å². The number of carbonyl (C=O) groups is 1. The van der Waals surface area contributed by atoms with Crippen LogP contribution in [0.1, 0.15) is 29.8 Å². The molecule has 0 bridgehead atoms. The zero-order valence-corrected chi connectivity index (χ0v) is 11.5. The van der Waals surface area contributed by atoms with Gasteiger partial charge in [0.1, 0.15) is 11.4 Å². The van der Waals surface area contributed by atoms with Crippen molar-refractivity contribution >= 4 is 5.91 Å². The highest BCUT2D eigenvalue weighted by atomic mass is 16.5. The predicted octanol–water partition coefficient (Wildman–Crippen LogP) is 1.45. The van der Waals surface area contributed by atoms with Crippen molar-refractivity contribution in [3.05, 3.63) is 29.3 Å². The fourth-order valence-corrected chi connectivity index (χ4v) is 2.77. The molecule has 1 N–H and O–H groups in total. The molecule has 3 rings (SSSR count). The van der Waals surface area contributed by atoms with Crippen LogP contribution in [0.5, 0.6) is 5.75 Å². The molecule has 2 aliphatic rings. The Balaban J connectivity index is 1.81. The highest BCUT2D eigenvalue weighted by Crippen LogP contribution is 2.35. The Morgan fingerprint density at radius 1 is 1.32 bits per heavy atom. The van der Waals surface area contributed by atoms with Gasteiger partial charge in [-0.1, -0.05) is 6.07 Å². The number of amides is 1. The maximum absolute atomic E-state index is 12.4. The summed E-state index contributed by atoms with van der Waals surface area (Å²) in [5.74, 6) is 0.976. The van der Waals surface area contributed by atoms with Gasteiger partial charge in [0, 0.05) is 38.2 Å². The quantitative estimate of drug-likeness (QED) is 0.831. The van der Waals surface area contributed by atoms with Gasteiger partial charge in [0.25, 0.3) is 5.91 Å². The summed E-state index contributed by atoms with van der Waals surface area (Å²) in [5, 5.41) is 3.25. The van der Waals surface area contributed by atoms with Crippen LogP contribution >= 0.6 is 0 Å². The Bertz CT molecular complexity index is 505. The van der Waals surface area contributed by atoms with Crippen LogP contribution in [0.15, 0.2) is 18.2 Å². The van der Waals surface area contributed by atoms with Crippen LogP contribution in [0.25, 0.3) is 0 Å². The maximum Gasteiger partial charge on any atom is 0.254 e. The van der Waals surface area contributed by atoms with Gasteiger partial charge in [-0.05, 0) is 31.5 Å². The van der Waals surface area contributed by atoms with Gasteiger partial charge in [-0.25, -0.2) is 0 Å². The number of hydrogen-bond donors (Lipinski definition) is 1. The van der Waals surface area contributed by atoms with Crippen LogP contribution in [-0.2, 0) is 6.42 Å². The molecule has 0 aliphatic carbocycles. The molecular weight excluding hydrogens is 240 g/mol. The molecular formula is C15H20N2O2. The fraction of sp³-hybridized carbons (Fsp3) is 0.533. The number of hydrogen-bond acceptors (Lipinski definition) is 3. The minimum atomic E-state index is -0.154. The summed E-state index contributed by atoms with van der Waals surface area (Å²) in [4.78, 5) is 14.3. The van der Waals surface area contributed by atoms with E-state index < -0.39 is 0 Å². The lowest BCUT2D eigenvalue weighted by molar-refractivity contribution is 0.0734. The lowest BCUT2D eigenvalue weighted by atomic mass is 10.0. The van der Waals surface area contributed by atoms with Gasteiger partial charge in [-0.3, -0.25) is 4.79 Å². The van der Waals surface area contributed by atoms with Crippen LogP contribution in [0, 0.1) is 0 Å². The first kappa shape index (κ1) is 12.5. The number of nitrogens with one attached hydrogen (secondary N) is 1. The van der Waals surface area contributed by atoms with Gasteiger partial charge in [0.15, 0.2) is 0 Å². The average Bonchev–Trinajstić information content (AvgIpc) is 2.71. The Labute approximate surface area is 113 Å². The molecule has 0 aromatic heterocycles. The van der Waals surface area contributed by atoms with E-state index in [-0.39, 0.29) is 11.5 Å². The number of piperazine rings is 1. The number of nitrogens with zero attached hydrogens (tertiary/aromatic N) is 1. The SMILES string of the molecule is CC1(C)Cc2ccc(C(=O)N3CCNCC3)cc2O1. The van der Waals surface area contributed by atoms with Crippen LogP contribution in [-0.4, -0.2) is 42.6 Å². The third-order valence-electron chi connectivity index (χ3n) is 3.72. The van der Waals surface area contributed by atoms with E-state index in [0.29, 0.717) is 0 Å². The normalized spacial score (nSPS) is 20.8. The van der Waals surface area contributed by atoms with Crippen molar-refractivity contribution in [3.63, 3.8) is 0 Å². The molecule has 1 aromatic rings. The Morgan fingerprint density at radius 2 is 2.05 bits per heavy atom. The zero-order chi connectivity index (χ0) is 13.5. The molecule has 0 saturated carbocycles. The Hall–Kier alpha value is -1.55. The first-order chi connectivity index (χ1) is 9.05. The summed E-state index contributed by atoms with van der Waals surface area (Å²) in [6.07, 6.45) is 0.907. The highest BCUT2D eigenvalue weighted by molar-refractivity contribution is 5.95. The van der Waals surface area contributed by atoms with Crippen molar-refractivity contribution in [1.82, 2.24) is 10.2 Å². The molecule has 2 aliphatic heterocycles. The van der Waals surface area contributed by atoms with E-state index >= 15 is 0 Å². The summed E-state index contributed by atoms with van der Waals surface area (Å²) < 4.78 is 5.89.